The second-order valence-electron chi connectivity index (χ2n) is 5.56. The van der Waals surface area contributed by atoms with Crippen molar-refractivity contribution < 1.29 is 13.9 Å². The minimum Gasteiger partial charge on any atom is -0.460 e. The third-order valence-electron chi connectivity index (χ3n) is 2.73. The Labute approximate surface area is 118 Å². The molecular weight excluding hydrogens is 267 g/mol. The fraction of sp³-hybridized carbons (Fsp3) is 0.533. The number of ether oxygens (including phenoxy) is 1. The maximum atomic E-state index is 13.8. The van der Waals surface area contributed by atoms with E-state index in [1.54, 1.807) is 12.1 Å². The average molecular weight is 287 g/mol. The molecule has 0 spiro atoms. The predicted octanol–water partition coefficient (Wildman–Crippen LogP) is 4.70. The molecule has 106 valence electrons. The SMILES string of the molecule is CC[C@@H](CC(=O)OC(C)(C)C)c1ccc(Cl)cc1F. The van der Waals surface area contributed by atoms with Gasteiger partial charge in [-0.05, 0) is 50.8 Å². The molecule has 0 aliphatic carbocycles. The minimum absolute atomic E-state index is 0.173. The monoisotopic (exact) mass is 286 g/mol. The molecule has 0 amide bonds. The van der Waals surface area contributed by atoms with Gasteiger partial charge in [0.2, 0.25) is 0 Å². The van der Waals surface area contributed by atoms with Crippen LogP contribution in [0.25, 0.3) is 0 Å². The molecule has 0 aliphatic rings. The van der Waals surface area contributed by atoms with Gasteiger partial charge >= 0.3 is 5.97 Å². The van der Waals surface area contributed by atoms with Crippen LogP contribution in [0.3, 0.4) is 0 Å². The third kappa shape index (κ3) is 5.19. The average Bonchev–Trinajstić information content (AvgIpc) is 2.24. The van der Waals surface area contributed by atoms with Gasteiger partial charge in [-0.2, -0.15) is 0 Å². The lowest BCUT2D eigenvalue weighted by molar-refractivity contribution is -0.155. The second-order valence-corrected chi connectivity index (χ2v) is 6.00. The van der Waals surface area contributed by atoms with Crippen LogP contribution in [-0.2, 0) is 9.53 Å². The topological polar surface area (TPSA) is 26.3 Å². The first-order valence-corrected chi connectivity index (χ1v) is 6.77. The summed E-state index contributed by atoms with van der Waals surface area (Å²) < 4.78 is 19.1. The Kier molecular flexibility index (Phi) is 5.36. The molecule has 1 aromatic rings. The highest BCUT2D eigenvalue weighted by atomic mass is 35.5. The van der Waals surface area contributed by atoms with E-state index in [-0.39, 0.29) is 24.1 Å². The van der Waals surface area contributed by atoms with Gasteiger partial charge in [0.05, 0.1) is 6.42 Å². The molecule has 0 aromatic heterocycles. The van der Waals surface area contributed by atoms with E-state index >= 15 is 0 Å². The molecule has 1 aromatic carbocycles. The van der Waals surface area contributed by atoms with Gasteiger partial charge in [0.25, 0.3) is 0 Å². The Morgan fingerprint density at radius 2 is 2.05 bits per heavy atom. The van der Waals surface area contributed by atoms with Crippen molar-refractivity contribution in [1.29, 1.82) is 0 Å². The van der Waals surface area contributed by atoms with Crippen LogP contribution in [0.5, 0.6) is 0 Å². The smallest absolute Gasteiger partial charge is 0.306 e. The lowest BCUT2D eigenvalue weighted by atomic mass is 9.93. The number of benzene rings is 1. The molecule has 1 atom stereocenters. The number of carbonyl (C=O) groups is 1. The van der Waals surface area contributed by atoms with E-state index in [2.05, 4.69) is 0 Å². The lowest BCUT2D eigenvalue weighted by Gasteiger charge is -2.22. The summed E-state index contributed by atoms with van der Waals surface area (Å²) in [5.41, 5.74) is -0.00811. The summed E-state index contributed by atoms with van der Waals surface area (Å²) in [6.07, 6.45) is 0.837. The standard InChI is InChI=1S/C15H20ClFO2/c1-5-10(8-14(18)19-15(2,3)4)12-7-6-11(16)9-13(12)17/h6-7,9-10H,5,8H2,1-4H3/t10-/m0/s1. The van der Waals surface area contributed by atoms with E-state index in [9.17, 15) is 9.18 Å². The van der Waals surface area contributed by atoms with Crippen molar-refractivity contribution in [2.45, 2.75) is 52.1 Å². The Bertz CT molecular complexity index is 452. The summed E-state index contributed by atoms with van der Waals surface area (Å²) in [6, 6.07) is 4.54. The van der Waals surface area contributed by atoms with Gasteiger partial charge in [-0.3, -0.25) is 4.79 Å². The van der Waals surface area contributed by atoms with E-state index in [1.165, 1.54) is 6.07 Å². The van der Waals surface area contributed by atoms with E-state index in [0.29, 0.717) is 17.0 Å². The molecular formula is C15H20ClFO2. The quantitative estimate of drug-likeness (QED) is 0.750. The number of hydrogen-bond donors (Lipinski definition) is 0. The molecule has 0 aliphatic heterocycles. The molecule has 0 heterocycles. The van der Waals surface area contributed by atoms with Crippen molar-refractivity contribution in [3.05, 3.63) is 34.6 Å². The molecule has 0 N–H and O–H groups in total. The first-order valence-electron chi connectivity index (χ1n) is 6.39. The molecule has 19 heavy (non-hydrogen) atoms. The molecule has 1 rings (SSSR count). The highest BCUT2D eigenvalue weighted by molar-refractivity contribution is 6.30. The highest BCUT2D eigenvalue weighted by Gasteiger charge is 2.22. The van der Waals surface area contributed by atoms with E-state index in [4.69, 9.17) is 16.3 Å². The van der Waals surface area contributed by atoms with Gasteiger partial charge in [-0.15, -0.1) is 0 Å². The molecule has 0 saturated heterocycles. The van der Waals surface area contributed by atoms with Crippen LogP contribution in [-0.4, -0.2) is 11.6 Å². The van der Waals surface area contributed by atoms with Gasteiger partial charge in [0.15, 0.2) is 0 Å². The largest absolute Gasteiger partial charge is 0.460 e. The fourth-order valence-electron chi connectivity index (χ4n) is 1.89. The molecule has 0 radical (unpaired) electrons. The number of carbonyl (C=O) groups excluding carboxylic acids is 1. The van der Waals surface area contributed by atoms with E-state index in [1.807, 2.05) is 27.7 Å². The van der Waals surface area contributed by atoms with Crippen molar-refractivity contribution in [3.8, 4) is 0 Å². The van der Waals surface area contributed by atoms with Gasteiger partial charge in [0, 0.05) is 5.02 Å². The van der Waals surface area contributed by atoms with Crippen LogP contribution in [0.4, 0.5) is 4.39 Å². The Morgan fingerprint density at radius 1 is 1.42 bits per heavy atom. The maximum absolute atomic E-state index is 13.8. The van der Waals surface area contributed by atoms with Crippen LogP contribution in [0, 0.1) is 5.82 Å². The zero-order chi connectivity index (χ0) is 14.6. The van der Waals surface area contributed by atoms with Crippen LogP contribution < -0.4 is 0 Å². The normalized spacial score (nSPS) is 13.2. The Balaban J connectivity index is 2.81. The fourth-order valence-corrected chi connectivity index (χ4v) is 2.05. The number of hydrogen-bond acceptors (Lipinski definition) is 2. The van der Waals surface area contributed by atoms with E-state index in [0.717, 1.165) is 0 Å². The summed E-state index contributed by atoms with van der Waals surface area (Å²) in [7, 11) is 0. The Hall–Kier alpha value is -1.09. The molecule has 0 unspecified atom stereocenters. The van der Waals surface area contributed by atoms with Crippen molar-refractivity contribution in [2.24, 2.45) is 0 Å². The zero-order valence-corrected chi connectivity index (χ0v) is 12.6. The molecule has 0 fully saturated rings. The first kappa shape index (κ1) is 16.0. The molecule has 2 nitrogen and oxygen atoms in total. The predicted molar refractivity (Wildman–Crippen MR) is 74.9 cm³/mol. The second kappa shape index (κ2) is 6.38. The lowest BCUT2D eigenvalue weighted by Crippen LogP contribution is -2.25. The van der Waals surface area contributed by atoms with E-state index < -0.39 is 5.60 Å². The van der Waals surface area contributed by atoms with Gasteiger partial charge in [0.1, 0.15) is 11.4 Å². The van der Waals surface area contributed by atoms with Crippen molar-refractivity contribution in [1.82, 2.24) is 0 Å². The number of halogens is 2. The minimum atomic E-state index is -0.520. The van der Waals surface area contributed by atoms with Crippen molar-refractivity contribution in [3.63, 3.8) is 0 Å². The van der Waals surface area contributed by atoms with Crippen LogP contribution in [0.1, 0.15) is 52.0 Å². The summed E-state index contributed by atoms with van der Waals surface area (Å²) in [5, 5.41) is 0.355. The summed E-state index contributed by atoms with van der Waals surface area (Å²) >= 11 is 5.73. The number of rotatable bonds is 4. The van der Waals surface area contributed by atoms with Crippen LogP contribution >= 0.6 is 11.6 Å². The highest BCUT2D eigenvalue weighted by Crippen LogP contribution is 2.28. The summed E-state index contributed by atoms with van der Waals surface area (Å²) in [6.45, 7) is 7.36. The zero-order valence-electron chi connectivity index (χ0n) is 11.8. The van der Waals surface area contributed by atoms with Crippen molar-refractivity contribution >= 4 is 17.6 Å². The van der Waals surface area contributed by atoms with Gasteiger partial charge in [-0.1, -0.05) is 24.6 Å². The van der Waals surface area contributed by atoms with Gasteiger partial charge < -0.3 is 4.74 Å². The maximum Gasteiger partial charge on any atom is 0.306 e. The number of esters is 1. The molecule has 0 saturated carbocycles. The van der Waals surface area contributed by atoms with Crippen molar-refractivity contribution in [2.75, 3.05) is 0 Å². The first-order chi connectivity index (χ1) is 8.73. The van der Waals surface area contributed by atoms with Crippen LogP contribution in [0.15, 0.2) is 18.2 Å². The van der Waals surface area contributed by atoms with Gasteiger partial charge in [-0.25, -0.2) is 4.39 Å². The van der Waals surface area contributed by atoms with Crippen LogP contribution in [0.2, 0.25) is 5.02 Å². The summed E-state index contributed by atoms with van der Waals surface area (Å²) in [4.78, 5) is 11.8. The molecule has 0 bridgehead atoms. The third-order valence-corrected chi connectivity index (χ3v) is 2.96. The Morgan fingerprint density at radius 3 is 2.53 bits per heavy atom. The summed E-state index contributed by atoms with van der Waals surface area (Å²) in [5.74, 6) is -0.872. The molecule has 4 heteroatoms.